The van der Waals surface area contributed by atoms with Crippen LogP contribution in [0, 0.1) is 0 Å². The van der Waals surface area contributed by atoms with Crippen LogP contribution in [-0.2, 0) is 0 Å². The summed E-state index contributed by atoms with van der Waals surface area (Å²) in [6, 6.07) is 17.3. The normalized spacial score (nSPS) is 19.9. The van der Waals surface area contributed by atoms with Crippen molar-refractivity contribution in [3.63, 3.8) is 0 Å². The third-order valence-electron chi connectivity index (χ3n) is 6.26. The van der Waals surface area contributed by atoms with Crippen molar-refractivity contribution in [2.24, 2.45) is 0 Å². The van der Waals surface area contributed by atoms with Crippen LogP contribution in [-0.4, -0.2) is 28.4 Å². The van der Waals surface area contributed by atoms with E-state index in [2.05, 4.69) is 5.32 Å². The zero-order valence-corrected chi connectivity index (χ0v) is 19.1. The number of thiocarbonyl (C=S) groups is 1. The van der Waals surface area contributed by atoms with E-state index in [4.69, 9.17) is 17.0 Å². The molecule has 5 heteroatoms. The molecule has 2 aromatic rings. The number of rotatable bonds is 6. The number of benzene rings is 2. The van der Waals surface area contributed by atoms with Crippen molar-refractivity contribution in [3.8, 4) is 5.75 Å². The molecule has 1 atom stereocenters. The smallest absolute Gasteiger partial charge is 0.193 e. The third kappa shape index (κ3) is 4.67. The number of Topliss-reactive ketones (excluding diaryl/α,β-unsaturated/α-hetero) is 1. The molecule has 1 aliphatic carbocycles. The van der Waals surface area contributed by atoms with Crippen LogP contribution >= 0.6 is 12.2 Å². The fourth-order valence-corrected chi connectivity index (χ4v) is 4.95. The molecule has 1 unspecified atom stereocenters. The minimum absolute atomic E-state index is 0.0269. The van der Waals surface area contributed by atoms with Gasteiger partial charge < -0.3 is 15.0 Å². The maximum Gasteiger partial charge on any atom is 0.193 e. The van der Waals surface area contributed by atoms with E-state index in [1.54, 1.807) is 0 Å². The number of ketones is 1. The van der Waals surface area contributed by atoms with Crippen LogP contribution in [0.5, 0.6) is 5.75 Å². The number of allylic oxidation sites excluding steroid dienone is 1. The molecule has 0 saturated heterocycles. The molecule has 1 fully saturated rings. The molecule has 2 aliphatic rings. The van der Waals surface area contributed by atoms with Crippen LogP contribution in [0.3, 0.4) is 0 Å². The number of hydrogen-bond donors (Lipinski definition) is 1. The number of nitrogens with zero attached hydrogens (tertiary/aromatic N) is 1. The molecule has 1 N–H and O–H groups in total. The lowest BCUT2D eigenvalue weighted by molar-refractivity contribution is 0.102. The predicted octanol–water partition coefficient (Wildman–Crippen LogP) is 5.81. The van der Waals surface area contributed by atoms with Gasteiger partial charge in [0.2, 0.25) is 0 Å². The highest BCUT2D eigenvalue weighted by Gasteiger charge is 2.33. The molecule has 4 rings (SSSR count). The molecule has 31 heavy (non-hydrogen) atoms. The topological polar surface area (TPSA) is 41.6 Å². The number of nitrogens with one attached hydrogen (secondary N) is 1. The van der Waals surface area contributed by atoms with Gasteiger partial charge in [0.05, 0.1) is 12.1 Å². The number of ether oxygens (including phenoxy) is 1. The second-order valence-electron chi connectivity index (χ2n) is 8.27. The third-order valence-corrected chi connectivity index (χ3v) is 6.60. The molecule has 0 aromatic heterocycles. The standard InChI is InChI=1S/C26H30N2O2S/c1-3-28-18(2)23(25(29)20-10-6-4-7-11-20)24(27-26(28)31)19-14-16-22(17-15-19)30-21-12-8-5-9-13-21/h4,6-7,10-11,14-17,21,24H,3,5,8-9,12-13H2,1-2H3,(H,27,31). The van der Waals surface area contributed by atoms with Gasteiger partial charge in [0.15, 0.2) is 10.9 Å². The van der Waals surface area contributed by atoms with Gasteiger partial charge in [-0.3, -0.25) is 4.79 Å². The Kier molecular flexibility index (Phi) is 6.71. The van der Waals surface area contributed by atoms with Gasteiger partial charge in [-0.1, -0.05) is 48.9 Å². The average Bonchev–Trinajstić information content (AvgIpc) is 2.80. The van der Waals surface area contributed by atoms with Crippen molar-refractivity contribution in [2.75, 3.05) is 6.54 Å². The molecule has 0 spiro atoms. The van der Waals surface area contributed by atoms with Gasteiger partial charge in [0.25, 0.3) is 0 Å². The Morgan fingerprint density at radius 1 is 1.06 bits per heavy atom. The lowest BCUT2D eigenvalue weighted by Crippen LogP contribution is -2.47. The Labute approximate surface area is 190 Å². The van der Waals surface area contributed by atoms with Crippen LogP contribution in [0.25, 0.3) is 0 Å². The van der Waals surface area contributed by atoms with Crippen molar-refractivity contribution in [2.45, 2.75) is 58.1 Å². The van der Waals surface area contributed by atoms with E-state index in [-0.39, 0.29) is 11.8 Å². The Balaban J connectivity index is 1.64. The first-order valence-electron chi connectivity index (χ1n) is 11.2. The number of hydrogen-bond acceptors (Lipinski definition) is 3. The van der Waals surface area contributed by atoms with Crippen LogP contribution in [0.1, 0.15) is 67.9 Å². The summed E-state index contributed by atoms with van der Waals surface area (Å²) in [5.74, 6) is 0.917. The monoisotopic (exact) mass is 434 g/mol. The van der Waals surface area contributed by atoms with Crippen molar-refractivity contribution in [3.05, 3.63) is 77.0 Å². The second kappa shape index (κ2) is 9.65. The van der Waals surface area contributed by atoms with Gasteiger partial charge in [-0.2, -0.15) is 0 Å². The van der Waals surface area contributed by atoms with Crippen LogP contribution < -0.4 is 10.1 Å². The second-order valence-corrected chi connectivity index (χ2v) is 8.65. The Bertz CT molecular complexity index is 963. The van der Waals surface area contributed by atoms with Crippen LogP contribution in [0.15, 0.2) is 65.9 Å². The molecule has 2 aromatic carbocycles. The SMILES string of the molecule is CCN1C(=S)NC(c2ccc(OC3CCCCC3)cc2)C(C(=O)c2ccccc2)=C1C. The summed E-state index contributed by atoms with van der Waals surface area (Å²) in [5.41, 5.74) is 3.34. The lowest BCUT2D eigenvalue weighted by Gasteiger charge is -2.37. The van der Waals surface area contributed by atoms with Gasteiger partial charge in [-0.05, 0) is 69.4 Å². The summed E-state index contributed by atoms with van der Waals surface area (Å²) in [5, 5.41) is 4.05. The summed E-state index contributed by atoms with van der Waals surface area (Å²) in [6.07, 6.45) is 6.38. The van der Waals surface area contributed by atoms with Crippen molar-refractivity contribution in [1.29, 1.82) is 0 Å². The summed E-state index contributed by atoms with van der Waals surface area (Å²) in [4.78, 5) is 15.5. The fraction of sp³-hybridized carbons (Fsp3) is 0.385. The molecule has 4 nitrogen and oxygen atoms in total. The van der Waals surface area contributed by atoms with Gasteiger partial charge >= 0.3 is 0 Å². The Hall–Kier alpha value is -2.66. The maximum atomic E-state index is 13.5. The predicted molar refractivity (Wildman–Crippen MR) is 128 cm³/mol. The number of carbonyl (C=O) groups excluding carboxylic acids is 1. The molecule has 0 amide bonds. The summed E-state index contributed by atoms with van der Waals surface area (Å²) in [7, 11) is 0. The van der Waals surface area contributed by atoms with E-state index in [0.29, 0.717) is 23.3 Å². The van der Waals surface area contributed by atoms with Gasteiger partial charge in [0.1, 0.15) is 5.75 Å². The van der Waals surface area contributed by atoms with Crippen LogP contribution in [0.2, 0.25) is 0 Å². The first kappa shape index (κ1) is 21.6. The minimum atomic E-state index is -0.285. The highest BCUT2D eigenvalue weighted by molar-refractivity contribution is 7.80. The van der Waals surface area contributed by atoms with Crippen molar-refractivity contribution in [1.82, 2.24) is 10.2 Å². The van der Waals surface area contributed by atoms with Crippen LogP contribution in [0.4, 0.5) is 0 Å². The fourth-order valence-electron chi connectivity index (χ4n) is 4.57. The maximum absolute atomic E-state index is 13.5. The van der Waals surface area contributed by atoms with Gasteiger partial charge in [-0.15, -0.1) is 0 Å². The van der Waals surface area contributed by atoms with E-state index in [1.807, 2.05) is 73.3 Å². The lowest BCUT2D eigenvalue weighted by atomic mass is 9.89. The average molecular weight is 435 g/mol. The summed E-state index contributed by atoms with van der Waals surface area (Å²) >= 11 is 5.62. The quantitative estimate of drug-likeness (QED) is 0.459. The zero-order chi connectivity index (χ0) is 21.8. The molecule has 162 valence electrons. The molecule has 0 radical (unpaired) electrons. The van der Waals surface area contributed by atoms with E-state index in [9.17, 15) is 4.79 Å². The molecule has 1 saturated carbocycles. The first-order chi connectivity index (χ1) is 15.1. The largest absolute Gasteiger partial charge is 0.490 e. The van der Waals surface area contributed by atoms with E-state index < -0.39 is 0 Å². The molecule has 1 heterocycles. The van der Waals surface area contributed by atoms with Crippen molar-refractivity contribution >= 4 is 23.1 Å². The van der Waals surface area contributed by atoms with Gasteiger partial charge in [0, 0.05) is 23.4 Å². The highest BCUT2D eigenvalue weighted by Crippen LogP contribution is 2.34. The minimum Gasteiger partial charge on any atom is -0.490 e. The molecule has 1 aliphatic heterocycles. The Morgan fingerprint density at radius 2 is 1.74 bits per heavy atom. The molecular formula is C26H30N2O2S. The molecular weight excluding hydrogens is 404 g/mol. The van der Waals surface area contributed by atoms with E-state index >= 15 is 0 Å². The molecule has 0 bridgehead atoms. The first-order valence-corrected chi connectivity index (χ1v) is 11.6. The van der Waals surface area contributed by atoms with E-state index in [1.165, 1.54) is 19.3 Å². The van der Waals surface area contributed by atoms with Crippen molar-refractivity contribution < 1.29 is 9.53 Å². The summed E-state index contributed by atoms with van der Waals surface area (Å²) < 4.78 is 6.18. The Morgan fingerprint density at radius 3 is 2.39 bits per heavy atom. The highest BCUT2D eigenvalue weighted by atomic mass is 32.1. The zero-order valence-electron chi connectivity index (χ0n) is 18.3. The number of carbonyl (C=O) groups is 1. The summed E-state index contributed by atoms with van der Waals surface area (Å²) in [6.45, 7) is 4.74. The van der Waals surface area contributed by atoms with Gasteiger partial charge in [-0.25, -0.2) is 0 Å². The van der Waals surface area contributed by atoms with E-state index in [0.717, 1.165) is 35.4 Å².